The van der Waals surface area contributed by atoms with Crippen molar-refractivity contribution in [2.45, 2.75) is 209 Å². The van der Waals surface area contributed by atoms with Crippen molar-refractivity contribution in [3.8, 4) is 5.75 Å². The Bertz CT molecular complexity index is 4870. The first-order chi connectivity index (χ1) is 61.8. The Balaban J connectivity index is 1.11. The summed E-state index contributed by atoms with van der Waals surface area (Å²) in [5.41, 5.74) is 15.1. The van der Waals surface area contributed by atoms with Crippen molar-refractivity contribution in [1.29, 1.82) is 0 Å². The number of aromatic amines is 1. The summed E-state index contributed by atoms with van der Waals surface area (Å²) in [5, 5.41) is 35.8. The molecule has 3 aliphatic heterocycles. The minimum absolute atomic E-state index is 0.00478. The molecular formula is C93H123N17O18S. The highest BCUT2D eigenvalue weighted by molar-refractivity contribution is 8.00. The second-order valence-electron chi connectivity index (χ2n) is 33.8. The van der Waals surface area contributed by atoms with E-state index in [0.29, 0.717) is 58.0 Å². The van der Waals surface area contributed by atoms with Gasteiger partial charge in [-0.05, 0) is 116 Å². The van der Waals surface area contributed by atoms with Crippen LogP contribution in [0.1, 0.15) is 127 Å². The topological polar surface area (TPSA) is 495 Å². The van der Waals surface area contributed by atoms with Gasteiger partial charge in [-0.3, -0.25) is 76.7 Å². The molecule has 3 fully saturated rings. The van der Waals surface area contributed by atoms with Gasteiger partial charge in [-0.25, -0.2) is 0 Å². The minimum Gasteiger partial charge on any atom is -0.508 e. The molecule has 129 heavy (non-hydrogen) atoms. The highest BCUT2D eigenvalue weighted by Gasteiger charge is 2.46. The van der Waals surface area contributed by atoms with Gasteiger partial charge in [-0.15, -0.1) is 11.8 Å². The number of aromatic hydroxyl groups is 1. The Morgan fingerprint density at radius 2 is 1.02 bits per heavy atom. The number of aromatic nitrogens is 1. The van der Waals surface area contributed by atoms with Crippen molar-refractivity contribution in [1.82, 2.24) is 77.3 Å². The number of nitrogens with zero attached hydrogens (tertiary/aromatic N) is 5. The van der Waals surface area contributed by atoms with E-state index < -0.39 is 192 Å². The van der Waals surface area contributed by atoms with Crippen LogP contribution in [-0.2, 0) is 114 Å². The third kappa shape index (κ3) is 28.4. The number of unbranched alkanes of at least 4 members (excludes halogenated alkanes) is 1. The third-order valence-electron chi connectivity index (χ3n) is 23.5. The Morgan fingerprint density at radius 3 is 1.60 bits per heavy atom. The van der Waals surface area contributed by atoms with E-state index in [9.17, 15) is 33.9 Å². The molecule has 4 heterocycles. The maximum Gasteiger partial charge on any atom is 0.293 e. The molecular weight excluding hydrogens is 1680 g/mol. The third-order valence-corrected chi connectivity index (χ3v) is 24.5. The quantitative estimate of drug-likeness (QED) is 0.0364. The Morgan fingerprint density at radius 1 is 0.519 bits per heavy atom. The summed E-state index contributed by atoms with van der Waals surface area (Å²) >= 11 is 0.851. The SMILES string of the molecule is CCCC[C@H]1C(=O)N2CCC[C@@H]2C(=O)N[C@@H](COC=O)C(=O)N[C@@H](C(C)C)C(=O)N(C)[C@@H](Cc2ccccc2)C(=O)N[C@@H](CCCN)C(=O)N2CCC[C@@H]2C(=O)N[C@@H](Cc2c[nH]c3ccccc23)C(=O)N[C@@H](Cc2ccc(O)cc2)C(=O)N[C@@H](CC(C)C)C(=O)N[C@H](C(=O)NCC(N)=O)CSCC(=O)N[C@@H](Cc2ccccc2)C(=O)N(C)[C@@H](Cc2ccccc2)C(=O)N1C. The maximum absolute atomic E-state index is 15.7. The van der Waals surface area contributed by atoms with Crippen LogP contribution in [0.25, 0.3) is 10.9 Å². The fourth-order valence-electron chi connectivity index (χ4n) is 16.3. The normalized spacial score (nSPS) is 23.9. The first-order valence-corrected chi connectivity index (χ1v) is 45.1. The first-order valence-electron chi connectivity index (χ1n) is 44.0. The van der Waals surface area contributed by atoms with Crippen LogP contribution in [-0.4, -0.2) is 274 Å². The molecule has 0 saturated carbocycles. The maximum atomic E-state index is 15.7. The molecule has 0 radical (unpaired) electrons. The zero-order valence-corrected chi connectivity index (χ0v) is 75.2. The van der Waals surface area contributed by atoms with Gasteiger partial charge < -0.3 is 98.6 Å². The van der Waals surface area contributed by atoms with E-state index in [1.807, 2.05) is 13.0 Å². The van der Waals surface area contributed by atoms with Gasteiger partial charge in [0.2, 0.25) is 88.6 Å². The fraction of sp³-hybridized carbons (Fsp3) is 0.484. The van der Waals surface area contributed by atoms with Gasteiger partial charge in [0.25, 0.3) is 6.47 Å². The molecule has 3 saturated heterocycles. The lowest BCUT2D eigenvalue weighted by molar-refractivity contribution is -0.152. The molecule has 9 rings (SSSR count). The number of hydrogen-bond acceptors (Lipinski definition) is 20. The summed E-state index contributed by atoms with van der Waals surface area (Å²) in [7, 11) is 4.19. The predicted octanol–water partition coefficient (Wildman–Crippen LogP) is 1.88. The number of benzene rings is 5. The molecule has 3 aliphatic rings. The summed E-state index contributed by atoms with van der Waals surface area (Å²) in [6.45, 7) is 7.40. The van der Waals surface area contributed by atoms with Crippen LogP contribution in [0.3, 0.4) is 0 Å². The number of phenolic OH excluding ortho intramolecular Hbond substituents is 1. The first kappa shape index (κ1) is 100. The average Bonchev–Trinajstić information content (AvgIpc) is 1.76. The number of primary amides is 1. The molecule has 6 aromatic rings. The number of hydrogen-bond donors (Lipinski definition) is 13. The van der Waals surface area contributed by atoms with Crippen LogP contribution >= 0.6 is 11.8 Å². The lowest BCUT2D eigenvalue weighted by Crippen LogP contribution is -2.62. The Hall–Kier alpha value is -12.7. The second kappa shape index (κ2) is 49.0. The number of carbonyl (C=O) groups is 16. The van der Waals surface area contributed by atoms with Gasteiger partial charge in [0.15, 0.2) is 0 Å². The molecule has 0 spiro atoms. The van der Waals surface area contributed by atoms with Crippen molar-refractivity contribution < 1.29 is 86.6 Å². The summed E-state index contributed by atoms with van der Waals surface area (Å²) in [6, 6.07) is 20.5. The number of likely N-dealkylation sites (N-methyl/N-ethyl adjacent to an activating group) is 3. The molecule has 1 aromatic heterocycles. The molecule has 36 heteroatoms. The fourth-order valence-corrected chi connectivity index (χ4v) is 17.2. The van der Waals surface area contributed by atoms with Crippen molar-refractivity contribution in [3.63, 3.8) is 0 Å². The Labute approximate surface area is 755 Å². The number of rotatable bonds is 25. The summed E-state index contributed by atoms with van der Waals surface area (Å²) in [6.07, 6.45) is 2.69. The summed E-state index contributed by atoms with van der Waals surface area (Å²) in [5.74, 6) is -14.3. The van der Waals surface area contributed by atoms with E-state index in [4.69, 9.17) is 16.2 Å². The second-order valence-corrected chi connectivity index (χ2v) is 34.9. The molecule has 5 aromatic carbocycles. The summed E-state index contributed by atoms with van der Waals surface area (Å²) in [4.78, 5) is 246. The number of ether oxygens (including phenoxy) is 1. The number of thioether (sulfide) groups is 1. The van der Waals surface area contributed by atoms with Crippen LogP contribution in [0.4, 0.5) is 0 Å². The van der Waals surface area contributed by atoms with E-state index in [1.54, 1.807) is 143 Å². The average molecular weight is 1800 g/mol. The zero-order valence-electron chi connectivity index (χ0n) is 74.3. The lowest BCUT2D eigenvalue weighted by Gasteiger charge is -2.38. The van der Waals surface area contributed by atoms with E-state index in [2.05, 4.69) is 52.8 Å². The van der Waals surface area contributed by atoms with Gasteiger partial charge in [0, 0.05) is 89.2 Å². The van der Waals surface area contributed by atoms with E-state index in [0.717, 1.165) is 16.7 Å². The van der Waals surface area contributed by atoms with Crippen LogP contribution in [0.2, 0.25) is 0 Å². The van der Waals surface area contributed by atoms with Gasteiger partial charge in [0.05, 0.1) is 12.3 Å². The Kier molecular flexibility index (Phi) is 38.0. The highest BCUT2D eigenvalue weighted by atomic mass is 32.2. The van der Waals surface area contributed by atoms with Crippen LogP contribution < -0.4 is 59.3 Å². The predicted molar refractivity (Wildman–Crippen MR) is 482 cm³/mol. The van der Waals surface area contributed by atoms with Crippen LogP contribution in [0, 0.1) is 11.8 Å². The van der Waals surface area contributed by atoms with E-state index >= 15 is 47.9 Å². The highest BCUT2D eigenvalue weighted by Crippen LogP contribution is 2.28. The summed E-state index contributed by atoms with van der Waals surface area (Å²) < 4.78 is 5.14. The molecule has 13 atom stereocenters. The molecule has 0 unspecified atom stereocenters. The smallest absolute Gasteiger partial charge is 0.293 e. The van der Waals surface area contributed by atoms with Gasteiger partial charge in [0.1, 0.15) is 90.9 Å². The number of para-hydroxylation sites is 1. The van der Waals surface area contributed by atoms with Gasteiger partial charge >= 0.3 is 0 Å². The van der Waals surface area contributed by atoms with Gasteiger partial charge in [-0.1, -0.05) is 169 Å². The van der Waals surface area contributed by atoms with Crippen molar-refractivity contribution >= 4 is 118 Å². The molecule has 35 nitrogen and oxygen atoms in total. The van der Waals surface area contributed by atoms with Crippen LogP contribution in [0.15, 0.2) is 146 Å². The molecule has 0 aliphatic carbocycles. The number of carbonyl (C=O) groups excluding carboxylic acids is 16. The van der Waals surface area contributed by atoms with Crippen LogP contribution in [0.5, 0.6) is 5.75 Å². The van der Waals surface area contributed by atoms with Crippen molar-refractivity contribution in [3.05, 3.63) is 174 Å². The van der Waals surface area contributed by atoms with E-state index in [-0.39, 0.29) is 121 Å². The number of nitrogens with one attached hydrogen (secondary N) is 10. The molecule has 15 amide bonds. The number of fused-ring (bicyclic) bond motifs is 3. The number of phenols is 1. The van der Waals surface area contributed by atoms with E-state index in [1.165, 1.54) is 65.0 Å². The molecule has 694 valence electrons. The molecule has 15 N–H and O–H groups in total. The van der Waals surface area contributed by atoms with Crippen molar-refractivity contribution in [2.24, 2.45) is 23.3 Å². The minimum atomic E-state index is -1.70. The number of amides is 15. The van der Waals surface area contributed by atoms with Gasteiger partial charge in [-0.2, -0.15) is 0 Å². The standard InChI is InChI=1S/C93H123N17O18S/c1-9-10-34-75-92(126)110-43-24-36-74(110)87(121)103-71(52-128-55-111)85(119)105-80(57(4)5)93(127)107(7)76(47-59-27-16-12-17-28-59)88(122)99-66(33-22-41-94)90(124)109-42-23-35-73(109)86(120)102-69(49-62-50-96-65-32-21-20-31-64(62)65)84(118)101-68(45-61-37-39-63(112)40-38-61)83(117)100-67(44-56(2)3)82(116)104-72(81(115)97-51-78(95)113)53-129-54-79(114)98-70(46-58-25-14-11-15-26-58)89(123)108(8)77(91(125)106(75)6)48-60-29-18-13-19-30-60/h11-21,25-32,37-40,50,55-57,66-77,80,96,112H,9-10,22-24,33-36,41-49,51-54,94H2,1-8H3,(H2,95,113)(H,97,115)(H,98,114)(H,99,122)(H,100,117)(H,101,118)(H,102,120)(H,103,121)(H,104,116)(H,105,119)/t66-,67-,68-,69-,70-,71-,72-,73+,74+,75-,76-,77-,80-/m0/s1. The largest absolute Gasteiger partial charge is 0.508 e. The monoisotopic (exact) mass is 1800 g/mol. The van der Waals surface area contributed by atoms with Crippen molar-refractivity contribution in [2.75, 3.05) is 65.4 Å². The number of nitrogens with two attached hydrogens (primary N) is 2. The zero-order chi connectivity index (χ0) is 93.5. The lowest BCUT2D eigenvalue weighted by atomic mass is 9.98. The number of H-pyrrole nitrogens is 1. The molecule has 0 bridgehead atoms.